The molecule has 2 nitrogen and oxygen atoms in total. The van der Waals surface area contributed by atoms with Gasteiger partial charge in [-0.25, -0.2) is 0 Å². The molecule has 3 heterocycles. The number of nitrogens with zero attached hydrogens (tertiary/aromatic N) is 2. The fraction of sp³-hybridized carbons (Fsp3) is 0.143. The molecule has 2 heteroatoms. The average Bonchev–Trinajstić information content (AvgIpc) is 3.24. The summed E-state index contributed by atoms with van der Waals surface area (Å²) in [5.74, 6) is 0. The molecule has 8 rings (SSSR count). The molecule has 5 aromatic carbocycles. The molecule has 2 aliphatic rings. The van der Waals surface area contributed by atoms with E-state index in [0.29, 0.717) is 0 Å². The summed E-state index contributed by atoms with van der Waals surface area (Å²) in [5.41, 5.74) is 14.6. The highest BCUT2D eigenvalue weighted by Gasteiger charge is 2.40. The minimum atomic E-state index is -0.133. The molecule has 0 aliphatic carbocycles. The lowest BCUT2D eigenvalue weighted by Gasteiger charge is -2.44. The molecule has 0 unspecified atom stereocenters. The molecular weight excluding hydrogens is 448 g/mol. The second-order valence-corrected chi connectivity index (χ2v) is 11.1. The Kier molecular flexibility index (Phi) is 4.02. The zero-order chi connectivity index (χ0) is 24.9. The lowest BCUT2D eigenvalue weighted by Crippen LogP contribution is -2.33. The molecule has 0 saturated heterocycles. The Hall–Kier alpha value is -4.30. The van der Waals surface area contributed by atoms with Gasteiger partial charge in [-0.05, 0) is 71.6 Å². The van der Waals surface area contributed by atoms with Crippen LogP contribution in [0.5, 0.6) is 0 Å². The summed E-state index contributed by atoms with van der Waals surface area (Å²) in [7, 11) is 0. The van der Waals surface area contributed by atoms with Crippen molar-refractivity contribution in [2.75, 3.05) is 4.90 Å². The lowest BCUT2D eigenvalue weighted by atomic mass is 9.70. The van der Waals surface area contributed by atoms with Crippen molar-refractivity contribution in [2.24, 2.45) is 0 Å². The number of aryl methyl sites for hydroxylation is 1. The van der Waals surface area contributed by atoms with Crippen LogP contribution in [0.25, 0.3) is 27.5 Å². The standard InChI is InChI=1S/C35H28N2/c1-22-19-23-21-27-30(37-29-15-9-7-13-25(29)26(20-22)34(23)37)17-18-32-33(27)35(2,3)28-14-8-10-16-31(28)36(32)24-11-5-4-6-12-24/h4-20H,21H2,1-3H3. The van der Waals surface area contributed by atoms with E-state index in [2.05, 4.69) is 133 Å². The first-order valence-electron chi connectivity index (χ1n) is 13.2. The molecule has 0 saturated carbocycles. The topological polar surface area (TPSA) is 8.17 Å². The van der Waals surface area contributed by atoms with Gasteiger partial charge in [0.1, 0.15) is 0 Å². The van der Waals surface area contributed by atoms with Gasteiger partial charge in [0.2, 0.25) is 0 Å². The Morgan fingerprint density at radius 2 is 1.41 bits per heavy atom. The van der Waals surface area contributed by atoms with Crippen molar-refractivity contribution < 1.29 is 0 Å². The maximum Gasteiger partial charge on any atom is 0.0576 e. The maximum atomic E-state index is 2.53. The fourth-order valence-corrected chi connectivity index (χ4v) is 7.13. The first-order valence-corrected chi connectivity index (χ1v) is 13.2. The van der Waals surface area contributed by atoms with E-state index in [1.807, 2.05) is 0 Å². The van der Waals surface area contributed by atoms with Crippen LogP contribution in [0.3, 0.4) is 0 Å². The third-order valence-corrected chi connectivity index (χ3v) is 8.56. The van der Waals surface area contributed by atoms with Crippen molar-refractivity contribution in [3.8, 4) is 5.69 Å². The van der Waals surface area contributed by atoms with Crippen LogP contribution in [0.2, 0.25) is 0 Å². The molecule has 2 aliphatic heterocycles. The number of para-hydroxylation sites is 3. The molecule has 0 atom stereocenters. The SMILES string of the molecule is Cc1cc2c3c(c1)c1ccccc1n3-c1ccc3c(c1C2)C(C)(C)c1ccccc1N3c1ccccc1. The highest BCUT2D eigenvalue weighted by molar-refractivity contribution is 6.11. The molecule has 6 aromatic rings. The average molecular weight is 477 g/mol. The molecule has 0 N–H and O–H groups in total. The number of benzene rings is 5. The Labute approximate surface area is 217 Å². The third kappa shape index (κ3) is 2.65. The van der Waals surface area contributed by atoms with Crippen LogP contribution in [-0.2, 0) is 11.8 Å². The van der Waals surface area contributed by atoms with Crippen molar-refractivity contribution in [2.45, 2.75) is 32.6 Å². The van der Waals surface area contributed by atoms with Gasteiger partial charge in [-0.15, -0.1) is 0 Å². The number of hydrogen-bond acceptors (Lipinski definition) is 1. The predicted molar refractivity (Wildman–Crippen MR) is 155 cm³/mol. The van der Waals surface area contributed by atoms with Crippen molar-refractivity contribution in [1.29, 1.82) is 0 Å². The molecular formula is C35H28N2. The number of anilines is 3. The molecule has 0 radical (unpaired) electrons. The van der Waals surface area contributed by atoms with E-state index in [4.69, 9.17) is 0 Å². The first-order chi connectivity index (χ1) is 18.0. The summed E-state index contributed by atoms with van der Waals surface area (Å²) in [6.07, 6.45) is 0.946. The molecule has 0 amide bonds. The summed E-state index contributed by atoms with van der Waals surface area (Å²) in [4.78, 5) is 2.46. The van der Waals surface area contributed by atoms with Gasteiger partial charge in [-0.2, -0.15) is 0 Å². The Morgan fingerprint density at radius 1 is 0.676 bits per heavy atom. The molecule has 0 bridgehead atoms. The second kappa shape index (κ2) is 7.14. The smallest absolute Gasteiger partial charge is 0.0576 e. The molecule has 178 valence electrons. The van der Waals surface area contributed by atoms with Crippen LogP contribution >= 0.6 is 0 Å². The summed E-state index contributed by atoms with van der Waals surface area (Å²) < 4.78 is 2.53. The number of aromatic nitrogens is 1. The molecule has 0 spiro atoms. The van der Waals surface area contributed by atoms with E-state index in [9.17, 15) is 0 Å². The van der Waals surface area contributed by atoms with E-state index < -0.39 is 0 Å². The highest BCUT2D eigenvalue weighted by Crippen LogP contribution is 2.55. The van der Waals surface area contributed by atoms with Crippen LogP contribution in [-0.4, -0.2) is 4.57 Å². The van der Waals surface area contributed by atoms with E-state index in [0.717, 1.165) is 6.42 Å². The van der Waals surface area contributed by atoms with Crippen molar-refractivity contribution in [1.82, 2.24) is 4.57 Å². The van der Waals surface area contributed by atoms with E-state index in [1.54, 1.807) is 0 Å². The number of hydrogen-bond donors (Lipinski definition) is 0. The number of rotatable bonds is 1. The summed E-state index contributed by atoms with van der Waals surface area (Å²) in [6, 6.07) is 38.1. The predicted octanol–water partition coefficient (Wildman–Crippen LogP) is 9.11. The normalized spacial score (nSPS) is 14.9. The second-order valence-electron chi connectivity index (χ2n) is 11.1. The van der Waals surface area contributed by atoms with Gasteiger partial charge in [0.25, 0.3) is 0 Å². The zero-order valence-electron chi connectivity index (χ0n) is 21.4. The molecule has 1 aromatic heterocycles. The van der Waals surface area contributed by atoms with Gasteiger partial charge < -0.3 is 9.47 Å². The van der Waals surface area contributed by atoms with Gasteiger partial charge in [-0.3, -0.25) is 0 Å². The largest absolute Gasteiger partial charge is 0.310 e. The van der Waals surface area contributed by atoms with Crippen LogP contribution in [0, 0.1) is 6.92 Å². The Balaban J connectivity index is 1.50. The van der Waals surface area contributed by atoms with Gasteiger partial charge >= 0.3 is 0 Å². The maximum absolute atomic E-state index is 2.53. The van der Waals surface area contributed by atoms with E-state index in [-0.39, 0.29) is 5.41 Å². The van der Waals surface area contributed by atoms with Gasteiger partial charge in [-0.1, -0.05) is 80.1 Å². The monoisotopic (exact) mass is 476 g/mol. The summed E-state index contributed by atoms with van der Waals surface area (Å²) >= 11 is 0. The van der Waals surface area contributed by atoms with Gasteiger partial charge in [0.15, 0.2) is 0 Å². The van der Waals surface area contributed by atoms with E-state index >= 15 is 0 Å². The lowest BCUT2D eigenvalue weighted by molar-refractivity contribution is 0.623. The van der Waals surface area contributed by atoms with E-state index in [1.165, 1.54) is 72.4 Å². The molecule has 37 heavy (non-hydrogen) atoms. The van der Waals surface area contributed by atoms with Crippen molar-refractivity contribution in [3.63, 3.8) is 0 Å². The zero-order valence-corrected chi connectivity index (χ0v) is 21.4. The summed E-state index contributed by atoms with van der Waals surface area (Å²) in [5, 5.41) is 2.70. The summed E-state index contributed by atoms with van der Waals surface area (Å²) in [6.45, 7) is 7.04. The van der Waals surface area contributed by atoms with Gasteiger partial charge in [0.05, 0.1) is 28.1 Å². The Morgan fingerprint density at radius 3 is 2.27 bits per heavy atom. The van der Waals surface area contributed by atoms with Crippen LogP contribution in [0.1, 0.15) is 41.7 Å². The van der Waals surface area contributed by atoms with Crippen LogP contribution < -0.4 is 4.90 Å². The quantitative estimate of drug-likeness (QED) is 0.229. The van der Waals surface area contributed by atoms with Gasteiger partial charge in [0, 0.05) is 28.3 Å². The van der Waals surface area contributed by atoms with Crippen LogP contribution in [0.15, 0.2) is 103 Å². The minimum absolute atomic E-state index is 0.133. The van der Waals surface area contributed by atoms with Crippen LogP contribution in [0.4, 0.5) is 17.1 Å². The highest BCUT2D eigenvalue weighted by atomic mass is 15.2. The first kappa shape index (κ1) is 20.8. The Bertz CT molecular complexity index is 1890. The van der Waals surface area contributed by atoms with Crippen molar-refractivity contribution >= 4 is 38.9 Å². The molecule has 0 fully saturated rings. The number of fused-ring (bicyclic) bond motifs is 8. The third-order valence-electron chi connectivity index (χ3n) is 8.56. The fourth-order valence-electron chi connectivity index (χ4n) is 7.13. The van der Waals surface area contributed by atoms with Crippen molar-refractivity contribution in [3.05, 3.63) is 131 Å². The minimum Gasteiger partial charge on any atom is -0.310 e.